The first-order valence-corrected chi connectivity index (χ1v) is 6.10. The third-order valence-electron chi connectivity index (χ3n) is 5.01. The van der Waals surface area contributed by atoms with Crippen molar-refractivity contribution in [3.05, 3.63) is 0 Å². The molecule has 4 aliphatic rings. The largest absolute Gasteiger partial charge is 0.317 e. The van der Waals surface area contributed by atoms with E-state index in [1.807, 2.05) is 0 Å². The molecule has 1 heteroatoms. The van der Waals surface area contributed by atoms with Gasteiger partial charge in [0.15, 0.2) is 0 Å². The maximum Gasteiger partial charge on any atom is -0.00435 e. The lowest BCUT2D eigenvalue weighted by Crippen LogP contribution is -2.47. The summed E-state index contributed by atoms with van der Waals surface area (Å²) in [7, 11) is 0. The second kappa shape index (κ2) is 2.98. The van der Waals surface area contributed by atoms with Gasteiger partial charge in [0.05, 0.1) is 0 Å². The Morgan fingerprint density at radius 2 is 1.62 bits per heavy atom. The van der Waals surface area contributed by atoms with Gasteiger partial charge in [-0.2, -0.15) is 0 Å². The summed E-state index contributed by atoms with van der Waals surface area (Å²) in [6.45, 7) is 2.59. The smallest absolute Gasteiger partial charge is 0.00435 e. The minimum absolute atomic E-state index is 0.812. The molecule has 74 valence electrons. The number of fused-ring (bicyclic) bond motifs is 2. The van der Waals surface area contributed by atoms with Gasteiger partial charge < -0.3 is 5.32 Å². The summed E-state index contributed by atoms with van der Waals surface area (Å²) in [5.41, 5.74) is 0.812. The molecule has 0 unspecified atom stereocenters. The quantitative estimate of drug-likeness (QED) is 0.602. The van der Waals surface area contributed by atoms with Gasteiger partial charge in [0.1, 0.15) is 0 Å². The molecule has 0 radical (unpaired) electrons. The van der Waals surface area contributed by atoms with E-state index in [9.17, 15) is 0 Å². The fourth-order valence-electron chi connectivity index (χ4n) is 4.26. The van der Waals surface area contributed by atoms with Crippen LogP contribution in [0.4, 0.5) is 0 Å². The van der Waals surface area contributed by atoms with E-state index in [0.29, 0.717) is 0 Å². The van der Waals surface area contributed by atoms with Crippen LogP contribution in [-0.4, -0.2) is 13.1 Å². The summed E-state index contributed by atoms with van der Waals surface area (Å²) in [6, 6.07) is 0. The van der Waals surface area contributed by atoms with Crippen molar-refractivity contribution in [2.75, 3.05) is 13.1 Å². The molecule has 1 spiro atoms. The summed E-state index contributed by atoms with van der Waals surface area (Å²) < 4.78 is 0. The van der Waals surface area contributed by atoms with Gasteiger partial charge in [0.25, 0.3) is 0 Å². The molecule has 0 aromatic carbocycles. The average molecular weight is 179 g/mol. The molecule has 4 fully saturated rings. The minimum Gasteiger partial charge on any atom is -0.317 e. The van der Waals surface area contributed by atoms with E-state index in [4.69, 9.17) is 0 Å². The molecular formula is C12H21N. The predicted octanol–water partition coefficient (Wildman–Crippen LogP) is 2.57. The number of hydrogen-bond acceptors (Lipinski definition) is 1. The van der Waals surface area contributed by atoms with Crippen LogP contribution in [0.1, 0.15) is 44.9 Å². The van der Waals surface area contributed by atoms with Gasteiger partial charge >= 0.3 is 0 Å². The predicted molar refractivity (Wildman–Crippen MR) is 54.6 cm³/mol. The van der Waals surface area contributed by atoms with Crippen molar-refractivity contribution in [2.24, 2.45) is 17.3 Å². The molecule has 3 aliphatic carbocycles. The third-order valence-corrected chi connectivity index (χ3v) is 5.01. The van der Waals surface area contributed by atoms with Crippen LogP contribution < -0.4 is 5.32 Å². The van der Waals surface area contributed by atoms with Crippen molar-refractivity contribution in [3.63, 3.8) is 0 Å². The van der Waals surface area contributed by atoms with Crippen LogP contribution in [0.2, 0.25) is 0 Å². The van der Waals surface area contributed by atoms with Crippen LogP contribution in [0.25, 0.3) is 0 Å². The van der Waals surface area contributed by atoms with Crippen molar-refractivity contribution in [3.8, 4) is 0 Å². The van der Waals surface area contributed by atoms with E-state index in [0.717, 1.165) is 17.3 Å². The maximum absolute atomic E-state index is 3.52. The van der Waals surface area contributed by atoms with Gasteiger partial charge in [0.2, 0.25) is 0 Å². The van der Waals surface area contributed by atoms with Crippen molar-refractivity contribution < 1.29 is 0 Å². The zero-order valence-electron chi connectivity index (χ0n) is 8.52. The molecule has 4 rings (SSSR count). The van der Waals surface area contributed by atoms with Crippen LogP contribution in [0.5, 0.6) is 0 Å². The molecule has 0 aromatic heterocycles. The second-order valence-electron chi connectivity index (χ2n) is 5.53. The van der Waals surface area contributed by atoms with E-state index < -0.39 is 0 Å². The highest BCUT2D eigenvalue weighted by Gasteiger charge is 2.47. The molecule has 2 bridgehead atoms. The molecular weight excluding hydrogens is 158 g/mol. The molecule has 1 nitrogen and oxygen atoms in total. The normalized spacial score (nSPS) is 42.5. The van der Waals surface area contributed by atoms with Crippen LogP contribution in [0, 0.1) is 17.3 Å². The highest BCUT2D eigenvalue weighted by Crippen LogP contribution is 2.56. The number of rotatable bonds is 0. The van der Waals surface area contributed by atoms with Gasteiger partial charge in [0, 0.05) is 0 Å². The van der Waals surface area contributed by atoms with Crippen molar-refractivity contribution in [1.82, 2.24) is 5.32 Å². The Kier molecular flexibility index (Phi) is 1.90. The van der Waals surface area contributed by atoms with Crippen LogP contribution >= 0.6 is 0 Å². The number of hydrogen-bond donors (Lipinski definition) is 1. The third kappa shape index (κ3) is 1.24. The standard InChI is InChI=1S/C12H21N/c1-3-11-4-2-10(1)9-12(11)5-7-13-8-6-12/h10-11,13H,1-9H2. The fraction of sp³-hybridized carbons (Fsp3) is 1.00. The molecule has 0 aromatic rings. The molecule has 1 aliphatic heterocycles. The van der Waals surface area contributed by atoms with E-state index in [2.05, 4.69) is 5.32 Å². The molecule has 13 heavy (non-hydrogen) atoms. The Morgan fingerprint density at radius 3 is 2.15 bits per heavy atom. The Bertz CT molecular complexity index is 185. The first-order chi connectivity index (χ1) is 6.39. The minimum atomic E-state index is 0.812. The fourth-order valence-corrected chi connectivity index (χ4v) is 4.26. The molecule has 1 saturated heterocycles. The lowest BCUT2D eigenvalue weighted by atomic mass is 9.53. The Morgan fingerprint density at radius 1 is 0.923 bits per heavy atom. The van der Waals surface area contributed by atoms with E-state index in [-0.39, 0.29) is 0 Å². The summed E-state index contributed by atoms with van der Waals surface area (Å²) in [4.78, 5) is 0. The van der Waals surface area contributed by atoms with Crippen molar-refractivity contribution in [1.29, 1.82) is 0 Å². The molecule has 1 heterocycles. The Labute approximate surface area is 81.3 Å². The summed E-state index contributed by atoms with van der Waals surface area (Å²) in [5.74, 6) is 2.22. The highest BCUT2D eigenvalue weighted by atomic mass is 14.9. The highest BCUT2D eigenvalue weighted by molar-refractivity contribution is 4.98. The Hall–Kier alpha value is -0.0400. The SMILES string of the molecule is C1CC2(CCN1)CC1CCC2CC1. The topological polar surface area (TPSA) is 12.0 Å². The summed E-state index contributed by atoms with van der Waals surface area (Å²) in [5, 5.41) is 3.52. The lowest BCUT2D eigenvalue weighted by Gasteiger charge is -2.54. The van der Waals surface area contributed by atoms with E-state index >= 15 is 0 Å². The first kappa shape index (κ1) is 8.28. The van der Waals surface area contributed by atoms with E-state index in [1.54, 1.807) is 32.1 Å². The summed E-state index contributed by atoms with van der Waals surface area (Å²) >= 11 is 0. The van der Waals surface area contributed by atoms with Crippen molar-refractivity contribution >= 4 is 0 Å². The van der Waals surface area contributed by atoms with Gasteiger partial charge in [-0.1, -0.05) is 12.8 Å². The van der Waals surface area contributed by atoms with Crippen molar-refractivity contribution in [2.45, 2.75) is 44.9 Å². The van der Waals surface area contributed by atoms with E-state index in [1.165, 1.54) is 25.9 Å². The first-order valence-electron chi connectivity index (χ1n) is 6.10. The lowest BCUT2D eigenvalue weighted by molar-refractivity contribution is -0.0222. The molecule has 0 amide bonds. The van der Waals surface area contributed by atoms with Gasteiger partial charge in [-0.05, 0) is 62.4 Å². The Balaban J connectivity index is 1.81. The van der Waals surface area contributed by atoms with Gasteiger partial charge in [-0.15, -0.1) is 0 Å². The molecule has 1 N–H and O–H groups in total. The zero-order valence-corrected chi connectivity index (χ0v) is 8.52. The summed E-state index contributed by atoms with van der Waals surface area (Å²) in [6.07, 6.45) is 10.8. The second-order valence-corrected chi connectivity index (χ2v) is 5.53. The zero-order chi connectivity index (χ0) is 8.73. The van der Waals surface area contributed by atoms with Crippen LogP contribution in [-0.2, 0) is 0 Å². The van der Waals surface area contributed by atoms with Gasteiger partial charge in [-0.25, -0.2) is 0 Å². The van der Waals surface area contributed by atoms with Crippen LogP contribution in [0.15, 0.2) is 0 Å². The van der Waals surface area contributed by atoms with Crippen LogP contribution in [0.3, 0.4) is 0 Å². The maximum atomic E-state index is 3.52. The molecule has 0 atom stereocenters. The average Bonchev–Trinajstić information content (AvgIpc) is 2.20. The number of piperidine rings is 1. The molecule has 3 saturated carbocycles. The van der Waals surface area contributed by atoms with Gasteiger partial charge in [-0.3, -0.25) is 0 Å². The monoisotopic (exact) mass is 179 g/mol. The number of nitrogens with one attached hydrogen (secondary N) is 1.